The van der Waals surface area contributed by atoms with Crippen LogP contribution in [0, 0.1) is 10.1 Å². The number of hydrogen-bond donors (Lipinski definition) is 0. The minimum absolute atomic E-state index is 0.0534. The Morgan fingerprint density at radius 3 is 2.39 bits per heavy atom. The van der Waals surface area contributed by atoms with Gasteiger partial charge in [-0.25, -0.2) is 4.40 Å². The molecule has 31 heavy (non-hydrogen) atoms. The van der Waals surface area contributed by atoms with Crippen molar-refractivity contribution >= 4 is 28.1 Å². The van der Waals surface area contributed by atoms with E-state index in [1.807, 2.05) is 0 Å². The number of nitrogens with zero attached hydrogens (tertiary/aromatic N) is 4. The Hall–Kier alpha value is -3.99. The lowest BCUT2D eigenvalue weighted by molar-refractivity contribution is -0.384. The Morgan fingerprint density at radius 2 is 1.77 bits per heavy atom. The maximum absolute atomic E-state index is 13.1. The smallest absolute Gasteiger partial charge is 0.276 e. The number of thiazole rings is 1. The Balaban J connectivity index is 1.88. The van der Waals surface area contributed by atoms with Gasteiger partial charge in [-0.15, -0.1) is 10.2 Å². The third kappa shape index (κ3) is 3.55. The number of nitro benzene ring substituents is 1. The number of benzene rings is 2. The summed E-state index contributed by atoms with van der Waals surface area (Å²) in [6.07, 6.45) is 1.59. The standard InChI is InChI=1S/C20H16N4O6S/c1-28-14-9-12(10-15(29-2)17(14)30-3)18-21-22-20-23(18)19(25)16(31-20)8-11-5-4-6-13(7-11)24(26)27/h4-10H,1-3H3/b16-8+. The lowest BCUT2D eigenvalue weighted by atomic mass is 10.1. The van der Waals surface area contributed by atoms with Crippen molar-refractivity contribution in [1.82, 2.24) is 14.6 Å². The highest BCUT2D eigenvalue weighted by atomic mass is 32.1. The topological polar surface area (TPSA) is 118 Å². The van der Waals surface area contributed by atoms with Gasteiger partial charge in [0.15, 0.2) is 17.3 Å². The Kier molecular flexibility index (Phi) is 5.26. The van der Waals surface area contributed by atoms with Crippen LogP contribution < -0.4 is 24.3 Å². The summed E-state index contributed by atoms with van der Waals surface area (Å²) in [5.41, 5.74) is 0.708. The molecule has 0 amide bonds. The molecule has 2 aromatic heterocycles. The largest absolute Gasteiger partial charge is 0.493 e. The molecule has 2 aromatic carbocycles. The summed E-state index contributed by atoms with van der Waals surface area (Å²) in [6.45, 7) is 0. The molecular weight excluding hydrogens is 424 g/mol. The molecule has 0 spiro atoms. The van der Waals surface area contributed by atoms with Crippen LogP contribution in [-0.2, 0) is 0 Å². The Morgan fingerprint density at radius 1 is 1.06 bits per heavy atom. The molecule has 2 heterocycles. The third-order valence-electron chi connectivity index (χ3n) is 4.55. The van der Waals surface area contributed by atoms with Crippen LogP contribution in [0.4, 0.5) is 5.69 Å². The van der Waals surface area contributed by atoms with Gasteiger partial charge in [-0.05, 0) is 23.8 Å². The van der Waals surface area contributed by atoms with Crippen molar-refractivity contribution < 1.29 is 19.1 Å². The minimum atomic E-state index is -0.483. The molecule has 158 valence electrons. The maximum Gasteiger partial charge on any atom is 0.276 e. The van der Waals surface area contributed by atoms with E-state index in [0.717, 1.165) is 11.3 Å². The van der Waals surface area contributed by atoms with E-state index in [-0.39, 0.29) is 11.2 Å². The van der Waals surface area contributed by atoms with E-state index in [4.69, 9.17) is 14.2 Å². The monoisotopic (exact) mass is 440 g/mol. The van der Waals surface area contributed by atoms with Crippen molar-refractivity contribution in [1.29, 1.82) is 0 Å². The van der Waals surface area contributed by atoms with E-state index in [1.54, 1.807) is 30.3 Å². The molecule has 0 saturated carbocycles. The maximum atomic E-state index is 13.1. The second-order valence-electron chi connectivity index (χ2n) is 6.32. The van der Waals surface area contributed by atoms with Gasteiger partial charge in [-0.2, -0.15) is 0 Å². The lowest BCUT2D eigenvalue weighted by Gasteiger charge is -2.13. The third-order valence-corrected chi connectivity index (χ3v) is 5.51. The first-order chi connectivity index (χ1) is 15.0. The zero-order chi connectivity index (χ0) is 22.1. The quantitative estimate of drug-likeness (QED) is 0.331. The molecule has 0 unspecified atom stereocenters. The van der Waals surface area contributed by atoms with Gasteiger partial charge in [0.05, 0.1) is 30.8 Å². The number of fused-ring (bicyclic) bond motifs is 1. The van der Waals surface area contributed by atoms with Crippen molar-refractivity contribution in [3.63, 3.8) is 0 Å². The van der Waals surface area contributed by atoms with Crippen LogP contribution in [0.25, 0.3) is 22.4 Å². The van der Waals surface area contributed by atoms with Crippen LogP contribution in [0.15, 0.2) is 41.2 Å². The van der Waals surface area contributed by atoms with Crippen LogP contribution in [0.2, 0.25) is 0 Å². The molecule has 4 rings (SSSR count). The zero-order valence-corrected chi connectivity index (χ0v) is 17.5. The van der Waals surface area contributed by atoms with Gasteiger partial charge in [0.1, 0.15) is 0 Å². The highest BCUT2D eigenvalue weighted by Gasteiger charge is 2.19. The number of rotatable bonds is 6. The molecule has 0 aliphatic carbocycles. The van der Waals surface area contributed by atoms with Crippen LogP contribution in [0.5, 0.6) is 17.2 Å². The van der Waals surface area contributed by atoms with Crippen LogP contribution in [0.3, 0.4) is 0 Å². The molecule has 0 aliphatic rings. The van der Waals surface area contributed by atoms with Crippen LogP contribution >= 0.6 is 11.3 Å². The molecule has 0 fully saturated rings. The van der Waals surface area contributed by atoms with E-state index >= 15 is 0 Å². The fraction of sp³-hybridized carbons (Fsp3) is 0.150. The summed E-state index contributed by atoms with van der Waals surface area (Å²) in [7, 11) is 4.49. The minimum Gasteiger partial charge on any atom is -0.493 e. The second kappa shape index (κ2) is 8.03. The number of hydrogen-bond acceptors (Lipinski definition) is 9. The Labute approximate surface area is 179 Å². The lowest BCUT2D eigenvalue weighted by Crippen LogP contribution is -2.23. The van der Waals surface area contributed by atoms with E-state index in [2.05, 4.69) is 10.2 Å². The van der Waals surface area contributed by atoms with Gasteiger partial charge in [0.25, 0.3) is 11.2 Å². The fourth-order valence-corrected chi connectivity index (χ4v) is 4.05. The highest BCUT2D eigenvalue weighted by molar-refractivity contribution is 7.15. The highest BCUT2D eigenvalue weighted by Crippen LogP contribution is 2.40. The first-order valence-electron chi connectivity index (χ1n) is 8.91. The van der Waals surface area contributed by atoms with E-state index < -0.39 is 4.92 Å². The van der Waals surface area contributed by atoms with Gasteiger partial charge >= 0.3 is 0 Å². The van der Waals surface area contributed by atoms with E-state index in [0.29, 0.717) is 43.7 Å². The summed E-state index contributed by atoms with van der Waals surface area (Å²) in [5, 5.41) is 19.3. The molecule has 0 radical (unpaired) electrons. The predicted octanol–water partition coefficient (Wildman–Crippen LogP) is 2.30. The van der Waals surface area contributed by atoms with Crippen molar-refractivity contribution in [3.8, 4) is 28.6 Å². The first-order valence-corrected chi connectivity index (χ1v) is 9.73. The molecule has 11 heteroatoms. The van der Waals surface area contributed by atoms with Gasteiger partial charge in [0, 0.05) is 17.7 Å². The second-order valence-corrected chi connectivity index (χ2v) is 7.33. The molecule has 0 N–H and O–H groups in total. The first kappa shape index (κ1) is 20.3. The average molecular weight is 440 g/mol. The van der Waals surface area contributed by atoms with Crippen LogP contribution in [0.1, 0.15) is 5.56 Å². The summed E-state index contributed by atoms with van der Waals surface area (Å²) in [5.74, 6) is 1.57. The molecular formula is C20H16N4O6S. The normalized spacial score (nSPS) is 11.6. The van der Waals surface area contributed by atoms with Crippen LogP contribution in [-0.4, -0.2) is 40.9 Å². The Bertz CT molecular complexity index is 1390. The predicted molar refractivity (Wildman–Crippen MR) is 114 cm³/mol. The van der Waals surface area contributed by atoms with Gasteiger partial charge in [-0.3, -0.25) is 14.9 Å². The molecule has 10 nitrogen and oxygen atoms in total. The summed E-state index contributed by atoms with van der Waals surface area (Å²) >= 11 is 1.14. The average Bonchev–Trinajstić information content (AvgIpc) is 3.33. The number of non-ortho nitro benzene ring substituents is 1. The summed E-state index contributed by atoms with van der Waals surface area (Å²) in [6, 6.07) is 9.41. The number of ether oxygens (including phenoxy) is 3. The number of methoxy groups -OCH3 is 3. The van der Waals surface area contributed by atoms with E-state index in [1.165, 1.54) is 37.9 Å². The number of nitro groups is 1. The molecule has 4 aromatic rings. The molecule has 0 aliphatic heterocycles. The van der Waals surface area contributed by atoms with Gasteiger partial charge < -0.3 is 14.2 Å². The fourth-order valence-electron chi connectivity index (χ4n) is 3.14. The SMILES string of the molecule is COc1cc(-c2nnc3s/c(=C/c4cccc([N+](=O)[O-])c4)c(=O)n23)cc(OC)c1OC. The number of aromatic nitrogens is 3. The van der Waals surface area contributed by atoms with Crippen molar-refractivity contribution in [2.24, 2.45) is 0 Å². The van der Waals surface area contributed by atoms with Crippen molar-refractivity contribution in [2.45, 2.75) is 0 Å². The van der Waals surface area contributed by atoms with Gasteiger partial charge in [-0.1, -0.05) is 23.5 Å². The molecule has 0 atom stereocenters. The summed E-state index contributed by atoms with van der Waals surface area (Å²) < 4.78 is 17.8. The summed E-state index contributed by atoms with van der Waals surface area (Å²) in [4.78, 5) is 24.0. The van der Waals surface area contributed by atoms with E-state index in [9.17, 15) is 14.9 Å². The van der Waals surface area contributed by atoms with Crippen molar-refractivity contribution in [2.75, 3.05) is 21.3 Å². The molecule has 0 bridgehead atoms. The molecule has 0 saturated heterocycles. The van der Waals surface area contributed by atoms with Crippen molar-refractivity contribution in [3.05, 3.63) is 67.0 Å². The zero-order valence-electron chi connectivity index (χ0n) is 16.7. The van der Waals surface area contributed by atoms with Gasteiger partial charge in [0.2, 0.25) is 10.7 Å².